The zero-order chi connectivity index (χ0) is 17.4. The lowest BCUT2D eigenvalue weighted by Gasteiger charge is -2.07. The van der Waals surface area contributed by atoms with Crippen molar-refractivity contribution in [2.45, 2.75) is 52.5 Å². The minimum atomic E-state index is 0.0883. The van der Waals surface area contributed by atoms with Gasteiger partial charge >= 0.3 is 0 Å². The molecule has 130 valence electrons. The number of pyridine rings is 1. The van der Waals surface area contributed by atoms with Crippen molar-refractivity contribution in [1.29, 1.82) is 0 Å². The predicted molar refractivity (Wildman–Crippen MR) is 94.8 cm³/mol. The fourth-order valence-electron chi connectivity index (χ4n) is 2.58. The molecule has 0 aliphatic heterocycles. The summed E-state index contributed by atoms with van der Waals surface area (Å²) in [5, 5.41) is 7.35. The van der Waals surface area contributed by atoms with E-state index in [1.165, 1.54) is 0 Å². The van der Waals surface area contributed by atoms with Gasteiger partial charge in [0.1, 0.15) is 0 Å². The van der Waals surface area contributed by atoms with Crippen molar-refractivity contribution in [3.8, 4) is 5.82 Å². The Labute approximate surface area is 143 Å². The molecule has 0 fully saturated rings. The van der Waals surface area contributed by atoms with Crippen molar-refractivity contribution in [2.24, 2.45) is 5.73 Å². The van der Waals surface area contributed by atoms with Gasteiger partial charge in [0.25, 0.3) is 0 Å². The summed E-state index contributed by atoms with van der Waals surface area (Å²) in [6, 6.07) is 5.91. The van der Waals surface area contributed by atoms with Crippen LogP contribution in [0.25, 0.3) is 5.82 Å². The lowest BCUT2D eigenvalue weighted by atomic mass is 10.1. The van der Waals surface area contributed by atoms with E-state index in [4.69, 9.17) is 5.73 Å². The Bertz CT molecular complexity index is 648. The van der Waals surface area contributed by atoms with Crippen molar-refractivity contribution in [1.82, 2.24) is 20.1 Å². The van der Waals surface area contributed by atoms with Crippen molar-refractivity contribution in [3.05, 3.63) is 41.3 Å². The highest BCUT2D eigenvalue weighted by molar-refractivity contribution is 5.75. The molecule has 1 amide bonds. The Hall–Kier alpha value is -2.21. The van der Waals surface area contributed by atoms with Crippen LogP contribution in [0.15, 0.2) is 24.4 Å². The van der Waals surface area contributed by atoms with E-state index in [1.54, 1.807) is 6.20 Å². The number of carbonyl (C=O) groups is 1. The molecular formula is C18H27N5O. The van der Waals surface area contributed by atoms with E-state index in [2.05, 4.69) is 15.4 Å². The average molecular weight is 329 g/mol. The predicted octanol–water partition coefficient (Wildman–Crippen LogP) is 2.41. The third kappa shape index (κ3) is 5.45. The second-order valence-electron chi connectivity index (χ2n) is 6.09. The lowest BCUT2D eigenvalue weighted by Crippen LogP contribution is -2.22. The quantitative estimate of drug-likeness (QED) is 0.692. The van der Waals surface area contributed by atoms with E-state index in [0.29, 0.717) is 13.0 Å². The SMILES string of the molecule is Cc1cc(C)n(-c2ccc(CNC(=O)CCCCCCN)cn2)n1. The summed E-state index contributed by atoms with van der Waals surface area (Å²) in [5.41, 5.74) is 8.45. The highest BCUT2D eigenvalue weighted by atomic mass is 16.1. The van der Waals surface area contributed by atoms with Crippen LogP contribution in [0.1, 0.15) is 49.1 Å². The van der Waals surface area contributed by atoms with Gasteiger partial charge in [-0.1, -0.05) is 18.9 Å². The Morgan fingerprint density at radius 1 is 1.21 bits per heavy atom. The van der Waals surface area contributed by atoms with Crippen LogP contribution in [0.2, 0.25) is 0 Å². The first kappa shape index (κ1) is 18.1. The zero-order valence-corrected chi connectivity index (χ0v) is 14.6. The largest absolute Gasteiger partial charge is 0.352 e. The van der Waals surface area contributed by atoms with Gasteiger partial charge in [-0.15, -0.1) is 0 Å². The zero-order valence-electron chi connectivity index (χ0n) is 14.6. The van der Waals surface area contributed by atoms with Crippen molar-refractivity contribution in [2.75, 3.05) is 6.54 Å². The summed E-state index contributed by atoms with van der Waals surface area (Å²) in [6.45, 7) is 5.20. The molecule has 3 N–H and O–H groups in total. The third-order valence-electron chi connectivity index (χ3n) is 3.88. The molecule has 2 heterocycles. The minimum absolute atomic E-state index is 0.0883. The van der Waals surface area contributed by atoms with Crippen molar-refractivity contribution < 1.29 is 4.79 Å². The number of unbranched alkanes of at least 4 members (excludes halogenated alkanes) is 3. The molecular weight excluding hydrogens is 302 g/mol. The number of hydrogen-bond donors (Lipinski definition) is 2. The molecule has 2 aromatic rings. The van der Waals surface area contributed by atoms with E-state index in [0.717, 1.165) is 55.0 Å². The van der Waals surface area contributed by atoms with Crippen LogP contribution < -0.4 is 11.1 Å². The maximum absolute atomic E-state index is 11.8. The van der Waals surface area contributed by atoms with Crippen molar-refractivity contribution in [3.63, 3.8) is 0 Å². The van der Waals surface area contributed by atoms with Crippen LogP contribution in [-0.4, -0.2) is 27.2 Å². The summed E-state index contributed by atoms with van der Waals surface area (Å²) in [6.07, 6.45) is 6.47. The number of nitrogens with two attached hydrogens (primary N) is 1. The minimum Gasteiger partial charge on any atom is -0.352 e. The van der Waals surface area contributed by atoms with E-state index in [1.807, 2.05) is 36.7 Å². The molecule has 2 aromatic heterocycles. The third-order valence-corrected chi connectivity index (χ3v) is 3.88. The number of aromatic nitrogens is 3. The molecule has 0 bridgehead atoms. The van der Waals surface area contributed by atoms with Gasteiger partial charge in [-0.2, -0.15) is 5.10 Å². The van der Waals surface area contributed by atoms with E-state index < -0.39 is 0 Å². The number of amides is 1. The second kappa shape index (κ2) is 9.17. The van der Waals surface area contributed by atoms with Crippen LogP contribution in [0.4, 0.5) is 0 Å². The normalized spacial score (nSPS) is 10.8. The molecule has 0 saturated heterocycles. The van der Waals surface area contributed by atoms with Gasteiger partial charge in [-0.25, -0.2) is 9.67 Å². The molecule has 0 aliphatic rings. The summed E-state index contributed by atoms with van der Waals surface area (Å²) >= 11 is 0. The number of hydrogen-bond acceptors (Lipinski definition) is 4. The first-order chi connectivity index (χ1) is 11.6. The molecule has 6 nitrogen and oxygen atoms in total. The van der Waals surface area contributed by atoms with E-state index in [9.17, 15) is 4.79 Å². The first-order valence-electron chi connectivity index (χ1n) is 8.55. The first-order valence-corrected chi connectivity index (χ1v) is 8.55. The van der Waals surface area contributed by atoms with Crippen molar-refractivity contribution >= 4 is 5.91 Å². The number of carbonyl (C=O) groups excluding carboxylic acids is 1. The molecule has 0 aliphatic carbocycles. The molecule has 0 aromatic carbocycles. The number of rotatable bonds is 9. The maximum Gasteiger partial charge on any atom is 0.220 e. The fraction of sp³-hybridized carbons (Fsp3) is 0.500. The summed E-state index contributed by atoms with van der Waals surface area (Å²) in [5.74, 6) is 0.876. The fourth-order valence-corrected chi connectivity index (χ4v) is 2.58. The van der Waals surface area contributed by atoms with Gasteiger partial charge in [0.2, 0.25) is 5.91 Å². The van der Waals surface area contributed by atoms with Gasteiger partial charge in [0, 0.05) is 24.9 Å². The van der Waals surface area contributed by atoms with Crippen LogP contribution in [0.3, 0.4) is 0 Å². The molecule has 0 unspecified atom stereocenters. The van der Waals surface area contributed by atoms with Gasteiger partial charge in [0.15, 0.2) is 5.82 Å². The summed E-state index contributed by atoms with van der Waals surface area (Å²) < 4.78 is 1.82. The topological polar surface area (TPSA) is 85.8 Å². The summed E-state index contributed by atoms with van der Waals surface area (Å²) in [7, 11) is 0. The molecule has 6 heteroatoms. The standard InChI is InChI=1S/C18H27N5O/c1-14-11-15(2)23(22-14)17-9-8-16(12-20-17)13-21-18(24)7-5-3-4-6-10-19/h8-9,11-12H,3-7,10,13,19H2,1-2H3,(H,21,24). The van der Waals surface area contributed by atoms with Gasteiger partial charge in [-0.05, 0) is 50.9 Å². The molecule has 0 radical (unpaired) electrons. The Kier molecular flexibility index (Phi) is 6.93. The van der Waals surface area contributed by atoms with Crippen LogP contribution >= 0.6 is 0 Å². The van der Waals surface area contributed by atoms with Crippen LogP contribution in [0, 0.1) is 13.8 Å². The molecule has 0 spiro atoms. The monoisotopic (exact) mass is 329 g/mol. The highest BCUT2D eigenvalue weighted by Gasteiger charge is 2.06. The molecule has 0 saturated carbocycles. The van der Waals surface area contributed by atoms with Crippen LogP contribution in [-0.2, 0) is 11.3 Å². The summed E-state index contributed by atoms with van der Waals surface area (Å²) in [4.78, 5) is 16.2. The average Bonchev–Trinajstić information content (AvgIpc) is 2.91. The number of aryl methyl sites for hydroxylation is 2. The Balaban J connectivity index is 1.78. The van der Waals surface area contributed by atoms with Crippen LogP contribution in [0.5, 0.6) is 0 Å². The second-order valence-corrected chi connectivity index (χ2v) is 6.09. The Morgan fingerprint density at radius 2 is 2.00 bits per heavy atom. The smallest absolute Gasteiger partial charge is 0.220 e. The highest BCUT2D eigenvalue weighted by Crippen LogP contribution is 2.10. The molecule has 2 rings (SSSR count). The van der Waals surface area contributed by atoms with Gasteiger partial charge < -0.3 is 11.1 Å². The number of nitrogens with one attached hydrogen (secondary N) is 1. The number of nitrogens with zero attached hydrogens (tertiary/aromatic N) is 3. The lowest BCUT2D eigenvalue weighted by molar-refractivity contribution is -0.121. The maximum atomic E-state index is 11.8. The Morgan fingerprint density at radius 3 is 2.62 bits per heavy atom. The van der Waals surface area contributed by atoms with E-state index >= 15 is 0 Å². The van der Waals surface area contributed by atoms with E-state index in [-0.39, 0.29) is 5.91 Å². The molecule has 0 atom stereocenters. The molecule has 24 heavy (non-hydrogen) atoms. The van der Waals surface area contributed by atoms with Gasteiger partial charge in [0.05, 0.1) is 5.69 Å². The van der Waals surface area contributed by atoms with Gasteiger partial charge in [-0.3, -0.25) is 4.79 Å².